The molecule has 10 fully saturated rings. The summed E-state index contributed by atoms with van der Waals surface area (Å²) in [4.78, 5) is 41.5. The Morgan fingerprint density at radius 2 is 1.23 bits per heavy atom. The van der Waals surface area contributed by atoms with Gasteiger partial charge in [-0.25, -0.2) is 0 Å². The van der Waals surface area contributed by atoms with E-state index in [-0.39, 0.29) is 58.7 Å². The molecule has 460 valence electrons. The lowest BCUT2D eigenvalue weighted by Crippen LogP contribution is -2.67. The summed E-state index contributed by atoms with van der Waals surface area (Å²) in [5.74, 6) is -2.16. The lowest BCUT2D eigenvalue weighted by atomic mass is 9.33. The summed E-state index contributed by atoms with van der Waals surface area (Å²) in [6.45, 7) is 15.7. The van der Waals surface area contributed by atoms with Gasteiger partial charge < -0.3 is 98.4 Å². The Kier molecular flexibility index (Phi) is 17.2. The average Bonchev–Trinajstić information content (AvgIpc) is 1.08. The van der Waals surface area contributed by atoms with Crippen LogP contribution in [0.3, 0.4) is 0 Å². The second kappa shape index (κ2) is 22.6. The summed E-state index contributed by atoms with van der Waals surface area (Å²) in [6, 6.07) is 0. The highest BCUT2D eigenvalue weighted by molar-refractivity contribution is 5.79. The van der Waals surface area contributed by atoms with Crippen molar-refractivity contribution >= 4 is 17.9 Å². The third kappa shape index (κ3) is 10.6. The number of hydrogen-bond donors (Lipinski definition) is 10. The van der Waals surface area contributed by atoms with Crippen molar-refractivity contribution in [2.24, 2.45) is 50.2 Å². The SMILES string of the molecule is C[C@@H]1O[C@H]2O[C@H]3[C@@H](OC[C@H](O)[C@@H]3O)OC(=O)[C@]34CCC(C)(C)C[C@H]3C3=CC[C@@H]5[C@@]6(C)CC[C@H](O[C@@H]7O[C@H](CO)[C@@H](O)[C@H](O)[C@H]7O[C@@H]7O[C@H](COC(=O)CCCC(=O)O[C@@H]1[C@@H](O)[C@H]2O)[C@H](O)[C@H](O)[C@H]7O)C(C)(C)[C@@H]6CC[C@@]5(C)[C@]3(C)CC4. The van der Waals surface area contributed by atoms with Gasteiger partial charge in [-0.05, 0) is 122 Å². The molecule has 0 aromatic heterocycles. The van der Waals surface area contributed by atoms with Gasteiger partial charge in [0.15, 0.2) is 31.1 Å². The summed E-state index contributed by atoms with van der Waals surface area (Å²) in [7, 11) is 0. The fraction of sp³-hybridized carbons (Fsp3) is 0.914. The highest BCUT2D eigenvalue weighted by Crippen LogP contribution is 2.76. The number of carbonyl (C=O) groups is 3. The summed E-state index contributed by atoms with van der Waals surface area (Å²) >= 11 is 0. The van der Waals surface area contributed by atoms with Gasteiger partial charge in [-0.3, -0.25) is 14.4 Å². The van der Waals surface area contributed by atoms with E-state index in [9.17, 15) is 60.7 Å². The number of rotatable bonds is 1. The Morgan fingerprint density at radius 1 is 0.580 bits per heavy atom. The quantitative estimate of drug-likeness (QED) is 0.0755. The fourth-order valence-corrected chi connectivity index (χ4v) is 17.1. The standard InChI is InChI=1S/C58H90O23/c1-26-45-42(68)44(70)48(74-26)79-46-37(63)29(60)24-73-50(46)81-52(71)58-20-18-53(2,3)22-28(58)27-12-13-33-55(6)16-15-34(54(4,5)32(55)14-17-57(33,8)56(27,7)19-21-58)77-51-47(41(67)38(64)30(23-59)75-51)80-49-43(69)40(66)39(65)31(76-49)25-72-35(61)10-9-11-36(62)78-45/h12,26,28-34,37-51,59-60,63-70H,9-11,13-25H2,1-8H3/t26-,28-,29-,30+,31+,32-,33+,34-,37-,38+,39-,40-,41-,42-,43+,44+,45-,46+,47+,48-,49-,50-,51-,55-,56+,57+,58-/m0/s1. The van der Waals surface area contributed by atoms with Gasteiger partial charge in [0.05, 0.1) is 30.8 Å². The summed E-state index contributed by atoms with van der Waals surface area (Å²) < 4.78 is 60.5. The number of aliphatic hydroxyl groups is 10. The highest BCUT2D eigenvalue weighted by atomic mass is 16.8. The highest BCUT2D eigenvalue weighted by Gasteiger charge is 2.70. The molecule has 0 unspecified atom stereocenters. The minimum absolute atomic E-state index is 0.103. The summed E-state index contributed by atoms with van der Waals surface area (Å²) in [5, 5.41) is 111. The molecular weight excluding hydrogens is 1060 g/mol. The third-order valence-corrected chi connectivity index (χ3v) is 22.2. The monoisotopic (exact) mass is 1150 g/mol. The van der Waals surface area contributed by atoms with E-state index in [0.29, 0.717) is 32.1 Å². The van der Waals surface area contributed by atoms with Crippen molar-refractivity contribution in [2.75, 3.05) is 19.8 Å². The van der Waals surface area contributed by atoms with E-state index in [2.05, 4.69) is 54.5 Å². The van der Waals surface area contributed by atoms with Crippen molar-refractivity contribution in [3.63, 3.8) is 0 Å². The van der Waals surface area contributed by atoms with Crippen LogP contribution in [0.4, 0.5) is 0 Å². The Labute approximate surface area is 472 Å². The minimum atomic E-state index is -1.92. The average molecular weight is 1160 g/mol. The van der Waals surface area contributed by atoms with Crippen molar-refractivity contribution in [3.8, 4) is 0 Å². The van der Waals surface area contributed by atoms with Crippen LogP contribution in [0.2, 0.25) is 0 Å². The molecule has 9 heterocycles. The molecule has 6 saturated heterocycles. The van der Waals surface area contributed by atoms with Gasteiger partial charge in [-0.1, -0.05) is 60.1 Å². The maximum absolute atomic E-state index is 15.3. The molecule has 27 atom stereocenters. The van der Waals surface area contributed by atoms with Gasteiger partial charge in [-0.15, -0.1) is 0 Å². The second-order valence-corrected chi connectivity index (χ2v) is 27.6. The molecule has 0 amide bonds. The molecule has 0 aromatic rings. The second-order valence-electron chi connectivity index (χ2n) is 27.6. The van der Waals surface area contributed by atoms with Gasteiger partial charge in [0, 0.05) is 12.8 Å². The van der Waals surface area contributed by atoms with E-state index < -0.39 is 171 Å². The predicted molar refractivity (Wildman–Crippen MR) is 277 cm³/mol. The van der Waals surface area contributed by atoms with Gasteiger partial charge in [-0.2, -0.15) is 0 Å². The number of esters is 3. The normalized spacial score (nSPS) is 52.5. The van der Waals surface area contributed by atoms with E-state index in [4.69, 9.17) is 47.4 Å². The van der Waals surface area contributed by atoms with Crippen LogP contribution in [-0.4, -0.2) is 212 Å². The Bertz CT molecular complexity index is 2330. The molecule has 23 heteroatoms. The molecule has 23 nitrogen and oxygen atoms in total. The first kappa shape index (κ1) is 61.6. The zero-order chi connectivity index (χ0) is 58.7. The first-order valence-corrected chi connectivity index (χ1v) is 29.6. The van der Waals surface area contributed by atoms with Gasteiger partial charge in [0.1, 0.15) is 79.9 Å². The Hall–Kier alpha value is -2.53. The van der Waals surface area contributed by atoms with E-state index in [1.54, 1.807) is 0 Å². The van der Waals surface area contributed by atoms with Crippen molar-refractivity contribution in [3.05, 3.63) is 11.6 Å². The molecule has 81 heavy (non-hydrogen) atoms. The van der Waals surface area contributed by atoms with Crippen LogP contribution in [0, 0.1) is 50.2 Å². The molecule has 14 aliphatic rings. The number of aliphatic hydroxyl groups excluding tert-OH is 10. The van der Waals surface area contributed by atoms with Crippen LogP contribution >= 0.6 is 0 Å². The molecule has 9 aliphatic heterocycles. The van der Waals surface area contributed by atoms with E-state index >= 15 is 4.79 Å². The lowest BCUT2D eigenvalue weighted by molar-refractivity contribution is -0.378. The number of hydrogen-bond acceptors (Lipinski definition) is 23. The first-order chi connectivity index (χ1) is 38.0. The van der Waals surface area contributed by atoms with E-state index in [1.807, 2.05) is 0 Å². The minimum Gasteiger partial charge on any atom is -0.463 e. The van der Waals surface area contributed by atoms with Gasteiger partial charge in [0.25, 0.3) is 0 Å². The molecule has 4 saturated carbocycles. The van der Waals surface area contributed by atoms with Crippen LogP contribution < -0.4 is 0 Å². The van der Waals surface area contributed by atoms with Crippen LogP contribution in [0.1, 0.15) is 139 Å². The van der Waals surface area contributed by atoms with Crippen molar-refractivity contribution in [1.29, 1.82) is 0 Å². The van der Waals surface area contributed by atoms with Crippen molar-refractivity contribution < 1.29 is 113 Å². The predicted octanol–water partition coefficient (Wildman–Crippen LogP) is 0.917. The fourth-order valence-electron chi connectivity index (χ4n) is 17.1. The number of allylic oxidation sites excluding steroid dienone is 2. The van der Waals surface area contributed by atoms with Gasteiger partial charge in [0.2, 0.25) is 6.29 Å². The molecule has 5 aliphatic carbocycles. The maximum atomic E-state index is 15.3. The Morgan fingerprint density at radius 3 is 1.95 bits per heavy atom. The Balaban J connectivity index is 0.975. The van der Waals surface area contributed by atoms with Crippen molar-refractivity contribution in [2.45, 2.75) is 262 Å². The summed E-state index contributed by atoms with van der Waals surface area (Å²) in [5.41, 5.74) is -1.17. The van der Waals surface area contributed by atoms with E-state index in [1.165, 1.54) is 12.5 Å². The zero-order valence-electron chi connectivity index (χ0n) is 47.9. The van der Waals surface area contributed by atoms with Gasteiger partial charge >= 0.3 is 17.9 Å². The molecule has 1 spiro atoms. The smallest absolute Gasteiger partial charge is 0.315 e. The first-order valence-electron chi connectivity index (χ1n) is 29.6. The molecule has 12 bridgehead atoms. The maximum Gasteiger partial charge on any atom is 0.315 e. The lowest BCUT2D eigenvalue weighted by Gasteiger charge is -2.71. The number of carbonyl (C=O) groups excluding carboxylic acids is 3. The largest absolute Gasteiger partial charge is 0.463 e. The van der Waals surface area contributed by atoms with Crippen molar-refractivity contribution in [1.82, 2.24) is 0 Å². The number of ether oxygens (including phenoxy) is 10. The van der Waals surface area contributed by atoms with Crippen LogP contribution in [0.25, 0.3) is 0 Å². The molecule has 10 N–H and O–H groups in total. The third-order valence-electron chi connectivity index (χ3n) is 22.2. The topological polar surface area (TPSA) is 346 Å². The van der Waals surface area contributed by atoms with Crippen LogP contribution in [0.15, 0.2) is 11.6 Å². The summed E-state index contributed by atoms with van der Waals surface area (Å²) in [6.07, 6.45) is -22.9. The van der Waals surface area contributed by atoms with Crippen LogP contribution in [-0.2, 0) is 61.8 Å². The van der Waals surface area contributed by atoms with Crippen LogP contribution in [0.5, 0.6) is 0 Å². The van der Waals surface area contributed by atoms with E-state index in [0.717, 1.165) is 32.1 Å². The zero-order valence-corrected chi connectivity index (χ0v) is 47.9. The molecule has 0 aromatic carbocycles. The molecular formula is C58H90O23. The molecule has 14 rings (SSSR count). The molecule has 0 radical (unpaired) electrons.